The summed E-state index contributed by atoms with van der Waals surface area (Å²) < 4.78 is 5.57. The van der Waals surface area contributed by atoms with Crippen molar-refractivity contribution in [1.82, 2.24) is 15.2 Å². The molecule has 172 valence electrons. The zero-order valence-electron chi connectivity index (χ0n) is 18.6. The third kappa shape index (κ3) is 5.97. The SMILES string of the molecule is COc1ccccc1[C@H](CNC(=O)Cc1csc(NC(=O)c2ccccc2)n1)N1CCCC1. The van der Waals surface area contributed by atoms with Crippen molar-refractivity contribution in [2.75, 3.05) is 32.1 Å². The third-order valence-electron chi connectivity index (χ3n) is 5.72. The summed E-state index contributed by atoms with van der Waals surface area (Å²) in [5, 5.41) is 8.15. The molecule has 2 heterocycles. The van der Waals surface area contributed by atoms with Gasteiger partial charge in [-0.1, -0.05) is 36.4 Å². The fraction of sp³-hybridized carbons (Fsp3) is 0.320. The number of likely N-dealkylation sites (tertiary alicyclic amines) is 1. The standard InChI is InChI=1S/C25H28N4O3S/c1-32-22-12-6-5-11-20(22)21(29-13-7-8-14-29)16-26-23(30)15-19-17-33-25(27-19)28-24(31)18-9-3-2-4-10-18/h2-6,9-12,17,21H,7-8,13-16H2,1H3,(H,26,30)(H,27,28,31)/t21-/m0/s1. The second kappa shape index (κ2) is 11.1. The van der Waals surface area contributed by atoms with Gasteiger partial charge in [0, 0.05) is 23.1 Å². The van der Waals surface area contributed by atoms with Crippen molar-refractivity contribution >= 4 is 28.3 Å². The Balaban J connectivity index is 1.35. The van der Waals surface area contributed by atoms with E-state index in [0.717, 1.165) is 37.2 Å². The number of amides is 2. The average Bonchev–Trinajstić information content (AvgIpc) is 3.53. The second-order valence-corrected chi connectivity index (χ2v) is 8.80. The molecular formula is C25H28N4O3S. The van der Waals surface area contributed by atoms with Crippen molar-refractivity contribution in [2.24, 2.45) is 0 Å². The summed E-state index contributed by atoms with van der Waals surface area (Å²) in [7, 11) is 1.68. The number of anilines is 1. The fourth-order valence-corrected chi connectivity index (χ4v) is 4.78. The first kappa shape index (κ1) is 22.9. The molecule has 1 fully saturated rings. The molecule has 8 heteroatoms. The minimum atomic E-state index is -0.216. The minimum absolute atomic E-state index is 0.0590. The number of nitrogens with zero attached hydrogens (tertiary/aromatic N) is 2. The Hall–Kier alpha value is -3.23. The molecule has 0 spiro atoms. The smallest absolute Gasteiger partial charge is 0.257 e. The van der Waals surface area contributed by atoms with Crippen LogP contribution in [0.25, 0.3) is 0 Å². The first-order valence-corrected chi connectivity index (χ1v) is 12.0. The number of rotatable bonds is 9. The Morgan fingerprint density at radius 1 is 1.09 bits per heavy atom. The number of nitrogens with one attached hydrogen (secondary N) is 2. The van der Waals surface area contributed by atoms with E-state index in [2.05, 4.69) is 26.6 Å². The maximum atomic E-state index is 12.7. The number of para-hydroxylation sites is 1. The molecule has 0 bridgehead atoms. The van der Waals surface area contributed by atoms with Gasteiger partial charge in [0.15, 0.2) is 5.13 Å². The average molecular weight is 465 g/mol. The molecular weight excluding hydrogens is 436 g/mol. The van der Waals surface area contributed by atoms with Crippen LogP contribution < -0.4 is 15.4 Å². The topological polar surface area (TPSA) is 83.6 Å². The molecule has 1 aliphatic rings. The van der Waals surface area contributed by atoms with Crippen LogP contribution in [0.15, 0.2) is 60.0 Å². The maximum Gasteiger partial charge on any atom is 0.257 e. The van der Waals surface area contributed by atoms with Crippen LogP contribution in [-0.2, 0) is 11.2 Å². The van der Waals surface area contributed by atoms with E-state index >= 15 is 0 Å². The summed E-state index contributed by atoms with van der Waals surface area (Å²) in [5.41, 5.74) is 2.29. The van der Waals surface area contributed by atoms with Gasteiger partial charge in [0.1, 0.15) is 5.75 Å². The van der Waals surface area contributed by atoms with Crippen LogP contribution in [0, 0.1) is 0 Å². The molecule has 1 atom stereocenters. The van der Waals surface area contributed by atoms with Gasteiger partial charge in [-0.3, -0.25) is 19.8 Å². The summed E-state index contributed by atoms with van der Waals surface area (Å²) in [5.74, 6) is 0.522. The maximum absolute atomic E-state index is 12.7. The normalized spacial score (nSPS) is 14.6. The number of hydrogen-bond donors (Lipinski definition) is 2. The Bertz CT molecular complexity index is 1080. The van der Waals surface area contributed by atoms with E-state index in [1.807, 2.05) is 36.4 Å². The zero-order valence-corrected chi connectivity index (χ0v) is 19.4. The lowest BCUT2D eigenvalue weighted by Crippen LogP contribution is -2.37. The highest BCUT2D eigenvalue weighted by Crippen LogP contribution is 2.31. The number of aromatic nitrogens is 1. The number of hydrogen-bond acceptors (Lipinski definition) is 6. The molecule has 0 aliphatic carbocycles. The number of thiazole rings is 1. The van der Waals surface area contributed by atoms with Crippen LogP contribution in [0.1, 0.15) is 40.5 Å². The van der Waals surface area contributed by atoms with E-state index in [-0.39, 0.29) is 24.3 Å². The van der Waals surface area contributed by atoms with Gasteiger partial charge in [-0.05, 0) is 44.1 Å². The lowest BCUT2D eigenvalue weighted by atomic mass is 10.0. The molecule has 0 radical (unpaired) electrons. The Labute approximate surface area is 197 Å². The molecule has 1 aliphatic heterocycles. The van der Waals surface area contributed by atoms with Gasteiger partial charge >= 0.3 is 0 Å². The quantitative estimate of drug-likeness (QED) is 0.502. The van der Waals surface area contributed by atoms with Gasteiger partial charge < -0.3 is 10.1 Å². The van der Waals surface area contributed by atoms with E-state index in [1.165, 1.54) is 11.3 Å². The van der Waals surface area contributed by atoms with Crippen LogP contribution in [0.3, 0.4) is 0 Å². The molecule has 4 rings (SSSR count). The molecule has 2 aromatic carbocycles. The van der Waals surface area contributed by atoms with Crippen molar-refractivity contribution < 1.29 is 14.3 Å². The predicted molar refractivity (Wildman–Crippen MR) is 130 cm³/mol. The molecule has 0 unspecified atom stereocenters. The highest BCUT2D eigenvalue weighted by Gasteiger charge is 2.26. The van der Waals surface area contributed by atoms with Crippen molar-refractivity contribution in [3.8, 4) is 5.75 Å². The van der Waals surface area contributed by atoms with Gasteiger partial charge in [0.2, 0.25) is 5.91 Å². The predicted octanol–water partition coefficient (Wildman–Crippen LogP) is 3.90. The third-order valence-corrected chi connectivity index (χ3v) is 6.53. The van der Waals surface area contributed by atoms with Crippen molar-refractivity contribution in [1.29, 1.82) is 0 Å². The van der Waals surface area contributed by atoms with Crippen molar-refractivity contribution in [2.45, 2.75) is 25.3 Å². The molecule has 33 heavy (non-hydrogen) atoms. The van der Waals surface area contributed by atoms with Gasteiger partial charge in [-0.25, -0.2) is 4.98 Å². The molecule has 1 aromatic heterocycles. The lowest BCUT2D eigenvalue weighted by Gasteiger charge is -2.29. The first-order valence-electron chi connectivity index (χ1n) is 11.1. The molecule has 2 amide bonds. The number of methoxy groups -OCH3 is 1. The first-order chi connectivity index (χ1) is 16.1. The summed E-state index contributed by atoms with van der Waals surface area (Å²) in [6.45, 7) is 2.52. The van der Waals surface area contributed by atoms with E-state index in [0.29, 0.717) is 22.9 Å². The second-order valence-electron chi connectivity index (χ2n) is 7.95. The van der Waals surface area contributed by atoms with Crippen molar-refractivity contribution in [3.05, 3.63) is 76.8 Å². The van der Waals surface area contributed by atoms with Gasteiger partial charge in [0.05, 0.1) is 25.3 Å². The highest BCUT2D eigenvalue weighted by atomic mass is 32.1. The monoisotopic (exact) mass is 464 g/mol. The van der Waals surface area contributed by atoms with Crippen LogP contribution in [0.4, 0.5) is 5.13 Å². The summed E-state index contributed by atoms with van der Waals surface area (Å²) in [6.07, 6.45) is 2.49. The summed E-state index contributed by atoms with van der Waals surface area (Å²) >= 11 is 1.31. The fourth-order valence-electron chi connectivity index (χ4n) is 4.07. The van der Waals surface area contributed by atoms with Crippen LogP contribution in [0.2, 0.25) is 0 Å². The van der Waals surface area contributed by atoms with Crippen LogP contribution in [-0.4, -0.2) is 48.4 Å². The van der Waals surface area contributed by atoms with E-state index in [9.17, 15) is 9.59 Å². The number of benzene rings is 2. The Morgan fingerprint density at radius 3 is 2.58 bits per heavy atom. The van der Waals surface area contributed by atoms with E-state index < -0.39 is 0 Å². The largest absolute Gasteiger partial charge is 0.496 e. The highest BCUT2D eigenvalue weighted by molar-refractivity contribution is 7.14. The van der Waals surface area contributed by atoms with Gasteiger partial charge in [0.25, 0.3) is 5.91 Å². The molecule has 2 N–H and O–H groups in total. The van der Waals surface area contributed by atoms with Gasteiger partial charge in [-0.15, -0.1) is 11.3 Å². The summed E-state index contributed by atoms with van der Waals surface area (Å²) in [4.78, 5) is 31.8. The molecule has 7 nitrogen and oxygen atoms in total. The number of carbonyl (C=O) groups is 2. The molecule has 3 aromatic rings. The van der Waals surface area contributed by atoms with Gasteiger partial charge in [-0.2, -0.15) is 0 Å². The van der Waals surface area contributed by atoms with E-state index in [1.54, 1.807) is 24.6 Å². The molecule has 0 saturated carbocycles. The number of ether oxygens (including phenoxy) is 1. The van der Waals surface area contributed by atoms with Crippen molar-refractivity contribution in [3.63, 3.8) is 0 Å². The zero-order chi connectivity index (χ0) is 23.0. The molecule has 1 saturated heterocycles. The Morgan fingerprint density at radius 2 is 1.82 bits per heavy atom. The van der Waals surface area contributed by atoms with Crippen LogP contribution >= 0.6 is 11.3 Å². The lowest BCUT2D eigenvalue weighted by molar-refractivity contribution is -0.120. The van der Waals surface area contributed by atoms with E-state index in [4.69, 9.17) is 4.74 Å². The summed E-state index contributed by atoms with van der Waals surface area (Å²) in [6, 6.07) is 17.0. The Kier molecular flexibility index (Phi) is 7.70. The minimum Gasteiger partial charge on any atom is -0.496 e. The number of carbonyl (C=O) groups excluding carboxylic acids is 2. The van der Waals surface area contributed by atoms with Crippen LogP contribution in [0.5, 0.6) is 5.75 Å².